The maximum Gasteiger partial charge on any atom is 0.336 e. The second kappa shape index (κ2) is 14.4. The molecule has 1 saturated heterocycles. The predicted molar refractivity (Wildman–Crippen MR) is 177 cm³/mol. The Hall–Kier alpha value is -3.35. The molecule has 0 atom stereocenters. The Kier molecular flexibility index (Phi) is 10.4. The number of aromatic carboxylic acids is 1. The molecular formula is C37H49N3O3. The Labute approximate surface area is 258 Å². The molecule has 3 aliphatic rings. The van der Waals surface area contributed by atoms with Crippen LogP contribution in [0.25, 0.3) is 5.57 Å². The first-order valence-electron chi connectivity index (χ1n) is 16.5. The minimum atomic E-state index is -0.901. The van der Waals surface area contributed by atoms with Gasteiger partial charge in [-0.2, -0.15) is 0 Å². The van der Waals surface area contributed by atoms with E-state index in [1.54, 1.807) is 6.07 Å². The molecule has 1 aliphatic carbocycles. The Morgan fingerprint density at radius 3 is 2.28 bits per heavy atom. The van der Waals surface area contributed by atoms with E-state index in [-0.39, 0.29) is 0 Å². The molecule has 43 heavy (non-hydrogen) atoms. The number of carboxylic acid groups (broad SMARTS) is 1. The molecule has 2 heterocycles. The standard InChI is InChI=1S/C37H49N3O3/c1-5-9-20-38-24-27(25-39(26-38)21-10-6-2)22-28-14-13-17-33-35(30-15-11-12-16-31(30)37(41)42)32-19-18-29(40(7-3)8-4)23-34(32)43-36(28)33/h11-12,15-16,18-19,22-23H,5-10,13-14,17,20-21,24-26H2,1-4H3,(H,41,42). The SMILES string of the molecule is CCCCN1CC(=CC2=C3Oc4cc(N(CC)CC)ccc4C(c4ccccc4C(=O)O)=C3CCC2)CN(CCCC)C1. The van der Waals surface area contributed by atoms with Crippen molar-refractivity contribution in [2.24, 2.45) is 0 Å². The van der Waals surface area contributed by atoms with E-state index >= 15 is 0 Å². The molecule has 2 aromatic rings. The van der Waals surface area contributed by atoms with Crippen LogP contribution in [0.4, 0.5) is 5.69 Å². The van der Waals surface area contributed by atoms with Crippen LogP contribution < -0.4 is 9.64 Å². The number of allylic oxidation sites excluding steroid dienone is 3. The van der Waals surface area contributed by atoms with Gasteiger partial charge in [0.1, 0.15) is 11.5 Å². The van der Waals surface area contributed by atoms with Crippen molar-refractivity contribution in [2.75, 3.05) is 50.8 Å². The van der Waals surface area contributed by atoms with Crippen molar-refractivity contribution in [3.8, 4) is 5.75 Å². The van der Waals surface area contributed by atoms with Crippen molar-refractivity contribution in [1.82, 2.24) is 9.80 Å². The zero-order valence-corrected chi connectivity index (χ0v) is 26.6. The van der Waals surface area contributed by atoms with Gasteiger partial charge in [0.2, 0.25) is 0 Å². The molecule has 0 spiro atoms. The highest BCUT2D eigenvalue weighted by Gasteiger charge is 2.32. The first kappa shape index (κ1) is 31.1. The van der Waals surface area contributed by atoms with Gasteiger partial charge in [0.15, 0.2) is 0 Å². The van der Waals surface area contributed by atoms with Crippen molar-refractivity contribution < 1.29 is 14.6 Å². The fourth-order valence-electron chi connectivity index (χ4n) is 6.84. The first-order chi connectivity index (χ1) is 21.0. The lowest BCUT2D eigenvalue weighted by molar-refractivity contribution is 0.0696. The Morgan fingerprint density at radius 1 is 0.930 bits per heavy atom. The van der Waals surface area contributed by atoms with Crippen LogP contribution in [-0.4, -0.2) is 66.8 Å². The van der Waals surface area contributed by atoms with Gasteiger partial charge in [-0.1, -0.05) is 51.0 Å². The molecule has 2 aromatic carbocycles. The maximum absolute atomic E-state index is 12.4. The average molecular weight is 584 g/mol. The minimum absolute atomic E-state index is 0.334. The summed E-state index contributed by atoms with van der Waals surface area (Å²) in [7, 11) is 0. The Bertz CT molecular complexity index is 1380. The van der Waals surface area contributed by atoms with Crippen molar-refractivity contribution in [3.05, 3.63) is 87.7 Å². The van der Waals surface area contributed by atoms with Gasteiger partial charge < -0.3 is 14.7 Å². The Balaban J connectivity index is 1.64. The van der Waals surface area contributed by atoms with E-state index in [0.717, 1.165) is 105 Å². The summed E-state index contributed by atoms with van der Waals surface area (Å²) in [6, 6.07) is 13.9. The van der Waals surface area contributed by atoms with Crippen LogP contribution in [0.15, 0.2) is 71.0 Å². The van der Waals surface area contributed by atoms with E-state index in [1.807, 2.05) is 18.2 Å². The van der Waals surface area contributed by atoms with Crippen LogP contribution in [0.1, 0.15) is 94.1 Å². The molecule has 0 unspecified atom stereocenters. The fraction of sp³-hybridized carbons (Fsp3) is 0.486. The van der Waals surface area contributed by atoms with E-state index in [9.17, 15) is 9.90 Å². The molecule has 0 aromatic heterocycles. The van der Waals surface area contributed by atoms with E-state index < -0.39 is 5.97 Å². The lowest BCUT2D eigenvalue weighted by Gasteiger charge is -2.38. The number of carboxylic acids is 1. The highest BCUT2D eigenvalue weighted by Crippen LogP contribution is 2.48. The largest absolute Gasteiger partial charge is 0.478 e. The third kappa shape index (κ3) is 6.91. The number of hydrogen-bond acceptors (Lipinski definition) is 5. The molecule has 6 heteroatoms. The van der Waals surface area contributed by atoms with Gasteiger partial charge in [-0.3, -0.25) is 9.80 Å². The maximum atomic E-state index is 12.4. The fourth-order valence-corrected chi connectivity index (χ4v) is 6.84. The number of hydrogen-bond donors (Lipinski definition) is 1. The molecule has 0 saturated carbocycles. The van der Waals surface area contributed by atoms with Gasteiger partial charge in [-0.25, -0.2) is 4.79 Å². The summed E-state index contributed by atoms with van der Waals surface area (Å²) >= 11 is 0. The number of carbonyl (C=O) groups is 1. The van der Waals surface area contributed by atoms with Gasteiger partial charge in [-0.15, -0.1) is 0 Å². The monoisotopic (exact) mass is 583 g/mol. The average Bonchev–Trinajstić information content (AvgIpc) is 3.02. The third-order valence-corrected chi connectivity index (χ3v) is 9.03. The molecule has 6 nitrogen and oxygen atoms in total. The van der Waals surface area contributed by atoms with Crippen molar-refractivity contribution in [3.63, 3.8) is 0 Å². The third-order valence-electron chi connectivity index (χ3n) is 9.03. The number of ether oxygens (including phenoxy) is 1. The molecule has 2 aliphatic heterocycles. The number of rotatable bonds is 12. The second-order valence-corrected chi connectivity index (χ2v) is 12.1. The van der Waals surface area contributed by atoms with Gasteiger partial charge in [0.05, 0.1) is 12.2 Å². The van der Waals surface area contributed by atoms with Gasteiger partial charge >= 0.3 is 5.97 Å². The summed E-state index contributed by atoms with van der Waals surface area (Å²) in [6.07, 6.45) is 10.1. The summed E-state index contributed by atoms with van der Waals surface area (Å²) < 4.78 is 6.88. The lowest BCUT2D eigenvalue weighted by atomic mass is 9.81. The van der Waals surface area contributed by atoms with Crippen molar-refractivity contribution in [2.45, 2.75) is 72.6 Å². The van der Waals surface area contributed by atoms with Crippen LogP contribution in [0.5, 0.6) is 5.75 Å². The molecular weight excluding hydrogens is 534 g/mol. The summed E-state index contributed by atoms with van der Waals surface area (Å²) in [5, 5.41) is 10.2. The highest BCUT2D eigenvalue weighted by atomic mass is 16.5. The quantitative estimate of drug-likeness (QED) is 0.274. The zero-order valence-electron chi connectivity index (χ0n) is 26.6. The first-order valence-corrected chi connectivity index (χ1v) is 16.5. The minimum Gasteiger partial charge on any atom is -0.478 e. The van der Waals surface area contributed by atoms with Gasteiger partial charge in [-0.05, 0) is 93.9 Å². The number of fused-ring (bicyclic) bond motifs is 2. The number of unbranched alkanes of at least 4 members (excludes halogenated alkanes) is 2. The van der Waals surface area contributed by atoms with E-state index in [0.29, 0.717) is 5.56 Å². The number of anilines is 1. The number of benzene rings is 2. The molecule has 5 rings (SSSR count). The predicted octanol–water partition coefficient (Wildman–Crippen LogP) is 7.97. The van der Waals surface area contributed by atoms with Crippen LogP contribution >= 0.6 is 0 Å². The van der Waals surface area contributed by atoms with Crippen LogP contribution in [0, 0.1) is 0 Å². The molecule has 1 fully saturated rings. The van der Waals surface area contributed by atoms with Crippen LogP contribution in [0.2, 0.25) is 0 Å². The summed E-state index contributed by atoms with van der Waals surface area (Å²) in [5.41, 5.74) is 8.04. The summed E-state index contributed by atoms with van der Waals surface area (Å²) in [6.45, 7) is 16.0. The van der Waals surface area contributed by atoms with E-state index in [2.05, 4.69) is 66.7 Å². The molecule has 0 radical (unpaired) electrons. The van der Waals surface area contributed by atoms with Gasteiger partial charge in [0, 0.05) is 54.6 Å². The normalized spacial score (nSPS) is 17.4. The van der Waals surface area contributed by atoms with E-state index in [1.165, 1.54) is 36.8 Å². The van der Waals surface area contributed by atoms with Crippen LogP contribution in [0.3, 0.4) is 0 Å². The van der Waals surface area contributed by atoms with Gasteiger partial charge in [0.25, 0.3) is 0 Å². The zero-order chi connectivity index (χ0) is 30.3. The topological polar surface area (TPSA) is 56.3 Å². The summed E-state index contributed by atoms with van der Waals surface area (Å²) in [5.74, 6) is 0.847. The molecule has 230 valence electrons. The second-order valence-electron chi connectivity index (χ2n) is 12.1. The van der Waals surface area contributed by atoms with E-state index in [4.69, 9.17) is 4.74 Å². The molecule has 0 amide bonds. The lowest BCUT2D eigenvalue weighted by Crippen LogP contribution is -2.46. The number of nitrogens with zero attached hydrogens (tertiary/aromatic N) is 3. The molecule has 1 N–H and O–H groups in total. The van der Waals surface area contributed by atoms with Crippen molar-refractivity contribution >= 4 is 17.2 Å². The summed E-state index contributed by atoms with van der Waals surface area (Å²) in [4.78, 5) is 19.9. The highest BCUT2D eigenvalue weighted by molar-refractivity contribution is 6.00. The Morgan fingerprint density at radius 2 is 1.63 bits per heavy atom. The molecule has 0 bridgehead atoms. The van der Waals surface area contributed by atoms with Crippen LogP contribution in [-0.2, 0) is 0 Å². The van der Waals surface area contributed by atoms with Crippen molar-refractivity contribution in [1.29, 1.82) is 0 Å². The smallest absolute Gasteiger partial charge is 0.336 e.